The molecule has 24 heavy (non-hydrogen) atoms. The number of benzene rings is 1. The highest BCUT2D eigenvalue weighted by Gasteiger charge is 2.20. The van der Waals surface area contributed by atoms with E-state index >= 15 is 0 Å². The molecule has 1 atom stereocenters. The lowest BCUT2D eigenvalue weighted by Gasteiger charge is -2.32. The normalized spacial score (nSPS) is 18.7. The lowest BCUT2D eigenvalue weighted by molar-refractivity contribution is -0.0351. The molecule has 2 N–H and O–H groups in total. The average Bonchev–Trinajstić information content (AvgIpc) is 3.05. The molecule has 0 spiro atoms. The lowest BCUT2D eigenvalue weighted by atomic mass is 10.2. The average molecular weight is 330 g/mol. The van der Waals surface area contributed by atoms with Crippen LogP contribution in [0.5, 0.6) is 5.75 Å². The van der Waals surface area contributed by atoms with E-state index in [1.807, 2.05) is 37.3 Å². The molecule has 3 rings (SSSR count). The fourth-order valence-electron chi connectivity index (χ4n) is 3.01. The maximum atomic E-state index is 6.02. The quantitative estimate of drug-likeness (QED) is 0.846. The van der Waals surface area contributed by atoms with Crippen LogP contribution in [0.4, 0.5) is 0 Å². The van der Waals surface area contributed by atoms with Crippen molar-refractivity contribution in [3.8, 4) is 17.1 Å². The number of ether oxygens (including phenoxy) is 2. The van der Waals surface area contributed by atoms with Crippen molar-refractivity contribution in [3.05, 3.63) is 42.2 Å². The Labute approximate surface area is 143 Å². The monoisotopic (exact) mass is 330 g/mol. The van der Waals surface area contributed by atoms with Crippen molar-refractivity contribution in [2.45, 2.75) is 26.0 Å². The van der Waals surface area contributed by atoms with Crippen molar-refractivity contribution in [2.24, 2.45) is 5.73 Å². The van der Waals surface area contributed by atoms with Crippen LogP contribution in [-0.2, 0) is 11.3 Å². The Morgan fingerprint density at radius 2 is 2.04 bits per heavy atom. The maximum absolute atomic E-state index is 6.02. The summed E-state index contributed by atoms with van der Waals surface area (Å²) in [5, 5.41) is 0. The Hall–Kier alpha value is -1.82. The first-order valence-corrected chi connectivity index (χ1v) is 8.64. The molecular formula is C19H26N2O3. The van der Waals surface area contributed by atoms with Crippen LogP contribution in [0.15, 0.2) is 40.8 Å². The second-order valence-corrected chi connectivity index (χ2v) is 6.03. The Kier molecular flexibility index (Phi) is 5.91. The van der Waals surface area contributed by atoms with Gasteiger partial charge in [0.05, 0.1) is 25.9 Å². The van der Waals surface area contributed by atoms with Crippen molar-refractivity contribution in [1.29, 1.82) is 0 Å². The van der Waals surface area contributed by atoms with E-state index in [9.17, 15) is 0 Å². The second-order valence-electron chi connectivity index (χ2n) is 6.03. The van der Waals surface area contributed by atoms with Gasteiger partial charge in [0.25, 0.3) is 0 Å². The Bertz CT molecular complexity index is 622. The maximum Gasteiger partial charge on any atom is 0.134 e. The van der Waals surface area contributed by atoms with E-state index in [0.29, 0.717) is 13.2 Å². The molecule has 2 aromatic rings. The van der Waals surface area contributed by atoms with E-state index in [4.69, 9.17) is 19.6 Å². The summed E-state index contributed by atoms with van der Waals surface area (Å²) >= 11 is 0. The predicted molar refractivity (Wildman–Crippen MR) is 94.0 cm³/mol. The summed E-state index contributed by atoms with van der Waals surface area (Å²) in [5.41, 5.74) is 6.69. The molecule has 0 amide bonds. The second kappa shape index (κ2) is 8.33. The van der Waals surface area contributed by atoms with Crippen molar-refractivity contribution in [2.75, 3.05) is 32.8 Å². The van der Waals surface area contributed by atoms with Gasteiger partial charge in [-0.3, -0.25) is 4.90 Å². The van der Waals surface area contributed by atoms with Crippen LogP contribution >= 0.6 is 0 Å². The van der Waals surface area contributed by atoms with Crippen molar-refractivity contribution >= 4 is 0 Å². The summed E-state index contributed by atoms with van der Waals surface area (Å²) < 4.78 is 17.2. The lowest BCUT2D eigenvalue weighted by Crippen LogP contribution is -2.42. The van der Waals surface area contributed by atoms with Gasteiger partial charge in [0.2, 0.25) is 0 Å². The Morgan fingerprint density at radius 3 is 2.79 bits per heavy atom. The molecule has 1 aromatic carbocycles. The van der Waals surface area contributed by atoms with Gasteiger partial charge in [0, 0.05) is 18.7 Å². The molecule has 2 heterocycles. The molecule has 1 fully saturated rings. The van der Waals surface area contributed by atoms with Crippen LogP contribution in [0.25, 0.3) is 11.3 Å². The van der Waals surface area contributed by atoms with E-state index in [1.54, 1.807) is 0 Å². The highest BCUT2D eigenvalue weighted by Crippen LogP contribution is 2.25. The summed E-state index contributed by atoms with van der Waals surface area (Å²) in [6.07, 6.45) is 1.15. The Morgan fingerprint density at radius 1 is 1.21 bits per heavy atom. The smallest absolute Gasteiger partial charge is 0.134 e. The van der Waals surface area contributed by atoms with Crippen LogP contribution in [0.3, 0.4) is 0 Å². The van der Waals surface area contributed by atoms with Crippen molar-refractivity contribution in [1.82, 2.24) is 4.90 Å². The van der Waals surface area contributed by atoms with Gasteiger partial charge in [-0.25, -0.2) is 0 Å². The van der Waals surface area contributed by atoms with Crippen LogP contribution in [0.2, 0.25) is 0 Å². The summed E-state index contributed by atoms with van der Waals surface area (Å²) in [5.74, 6) is 2.75. The minimum atomic E-state index is 0.240. The summed E-state index contributed by atoms with van der Waals surface area (Å²) in [6, 6.07) is 12.1. The number of furan rings is 1. The van der Waals surface area contributed by atoms with Gasteiger partial charge in [-0.2, -0.15) is 0 Å². The van der Waals surface area contributed by atoms with Crippen LogP contribution < -0.4 is 10.5 Å². The van der Waals surface area contributed by atoms with Crippen molar-refractivity contribution in [3.63, 3.8) is 0 Å². The zero-order valence-corrected chi connectivity index (χ0v) is 14.2. The van der Waals surface area contributed by atoms with E-state index in [2.05, 4.69) is 11.0 Å². The third-order valence-corrected chi connectivity index (χ3v) is 4.20. The van der Waals surface area contributed by atoms with E-state index in [1.165, 1.54) is 0 Å². The van der Waals surface area contributed by atoms with Crippen LogP contribution in [-0.4, -0.2) is 43.9 Å². The molecular weight excluding hydrogens is 304 g/mol. The van der Waals surface area contributed by atoms with Crippen LogP contribution in [0, 0.1) is 0 Å². The predicted octanol–water partition coefficient (Wildman–Crippen LogP) is 2.89. The SMILES string of the molecule is CCOc1ccc(-c2ccc(CN3CCOC(CCN)C3)o2)cc1. The molecule has 0 aliphatic carbocycles. The van der Waals surface area contributed by atoms with E-state index < -0.39 is 0 Å². The molecule has 1 saturated heterocycles. The molecule has 1 aliphatic rings. The fraction of sp³-hybridized carbons (Fsp3) is 0.474. The molecule has 1 unspecified atom stereocenters. The standard InChI is InChI=1S/C19H26N2O3/c1-2-22-16-5-3-15(4-6-16)19-8-7-18(24-19)14-21-11-12-23-17(13-21)9-10-20/h3-8,17H,2,9-14,20H2,1H3. The number of nitrogens with two attached hydrogens (primary N) is 1. The summed E-state index contributed by atoms with van der Waals surface area (Å²) in [7, 11) is 0. The summed E-state index contributed by atoms with van der Waals surface area (Å²) in [6.45, 7) is 6.74. The number of rotatable bonds is 7. The van der Waals surface area contributed by atoms with Gasteiger partial charge in [-0.15, -0.1) is 0 Å². The van der Waals surface area contributed by atoms with Gasteiger partial charge in [0.1, 0.15) is 17.3 Å². The minimum Gasteiger partial charge on any atom is -0.494 e. The molecule has 1 aliphatic heterocycles. The fourth-order valence-corrected chi connectivity index (χ4v) is 3.01. The van der Waals surface area contributed by atoms with E-state index in [-0.39, 0.29) is 6.10 Å². The third kappa shape index (κ3) is 4.38. The number of hydrogen-bond acceptors (Lipinski definition) is 5. The topological polar surface area (TPSA) is 60.9 Å². The van der Waals surface area contributed by atoms with Gasteiger partial charge in [-0.05, 0) is 56.3 Å². The zero-order chi connectivity index (χ0) is 16.8. The van der Waals surface area contributed by atoms with E-state index in [0.717, 1.165) is 55.5 Å². The largest absolute Gasteiger partial charge is 0.494 e. The molecule has 0 saturated carbocycles. The summed E-state index contributed by atoms with van der Waals surface area (Å²) in [4.78, 5) is 2.37. The first-order chi connectivity index (χ1) is 11.8. The third-order valence-electron chi connectivity index (χ3n) is 4.20. The number of nitrogens with zero attached hydrogens (tertiary/aromatic N) is 1. The van der Waals surface area contributed by atoms with Gasteiger partial charge >= 0.3 is 0 Å². The first-order valence-electron chi connectivity index (χ1n) is 8.64. The highest BCUT2D eigenvalue weighted by molar-refractivity contribution is 5.58. The number of morpholine rings is 1. The van der Waals surface area contributed by atoms with Gasteiger partial charge in [0.15, 0.2) is 0 Å². The molecule has 1 aromatic heterocycles. The van der Waals surface area contributed by atoms with Gasteiger partial charge < -0.3 is 19.6 Å². The van der Waals surface area contributed by atoms with Crippen molar-refractivity contribution < 1.29 is 13.9 Å². The molecule has 5 heteroatoms. The zero-order valence-electron chi connectivity index (χ0n) is 14.2. The minimum absolute atomic E-state index is 0.240. The molecule has 5 nitrogen and oxygen atoms in total. The molecule has 0 bridgehead atoms. The van der Waals surface area contributed by atoms with Crippen LogP contribution in [0.1, 0.15) is 19.1 Å². The first kappa shape index (κ1) is 17.0. The highest BCUT2D eigenvalue weighted by atomic mass is 16.5. The number of hydrogen-bond donors (Lipinski definition) is 1. The van der Waals surface area contributed by atoms with Gasteiger partial charge in [-0.1, -0.05) is 0 Å². The molecule has 130 valence electrons. The Balaban J connectivity index is 1.60. The molecule has 0 radical (unpaired) electrons.